The van der Waals surface area contributed by atoms with Crippen LogP contribution in [0.25, 0.3) is 22.2 Å². The number of phenolic OH excluding ortho intramolecular Hbond substituents is 1. The first kappa shape index (κ1) is 38.5. The number of aromatic hydroxyl groups is 1. The average Bonchev–Trinajstić information content (AvgIpc) is 3.69. The van der Waals surface area contributed by atoms with Crippen LogP contribution >= 0.6 is 0 Å². The Kier molecular flexibility index (Phi) is 10.6. The number of fused-ring (bicyclic) bond motifs is 1. The number of rotatable bonds is 8. The standard InChI is InChI=1S/C44H48FN9O5/c45-33-26-50(17-15-37(33)53-20-14-32-35(53)5-3-6-36(32)54-21-16-41(56)47-44(54)58)25-28-12-18-51(19-13-28)43(57)30-10-8-29(9-11-30)40-27-52(22-23-59-40)38-24-34(48-49-42(38)46)31-4-1-2-7-39(31)55/h1-11,14,20,24,28,33,37,40,55H,12-13,15-19,21-23,25-27H2,(H2,46,49)(H,47,56,58)/t33-,37+,40+/m0/s1. The fourth-order valence-electron chi connectivity index (χ4n) is 9.17. The number of para-hydroxylation sites is 1. The number of anilines is 3. The predicted molar refractivity (Wildman–Crippen MR) is 222 cm³/mol. The molecule has 0 aliphatic carbocycles. The summed E-state index contributed by atoms with van der Waals surface area (Å²) in [5, 5.41) is 22.0. The number of amides is 4. The quantitative estimate of drug-likeness (QED) is 0.182. The minimum Gasteiger partial charge on any atom is -0.507 e. The number of alkyl halides is 1. The zero-order valence-corrected chi connectivity index (χ0v) is 32.8. The molecule has 0 radical (unpaired) electrons. The summed E-state index contributed by atoms with van der Waals surface area (Å²) in [6, 6.07) is 23.4. The van der Waals surface area contributed by atoms with Gasteiger partial charge < -0.3 is 34.8 Å². The van der Waals surface area contributed by atoms with Gasteiger partial charge in [0.05, 0.1) is 35.2 Å². The van der Waals surface area contributed by atoms with Gasteiger partial charge in [-0.1, -0.05) is 30.3 Å². The molecule has 6 heterocycles. The Morgan fingerprint density at radius 1 is 0.898 bits per heavy atom. The Morgan fingerprint density at radius 2 is 1.71 bits per heavy atom. The van der Waals surface area contributed by atoms with Gasteiger partial charge in [0.25, 0.3) is 5.91 Å². The molecule has 0 bridgehead atoms. The third-order valence-electron chi connectivity index (χ3n) is 12.4. The molecule has 9 rings (SSSR count). The van der Waals surface area contributed by atoms with Gasteiger partial charge in [0.2, 0.25) is 5.91 Å². The lowest BCUT2D eigenvalue weighted by Gasteiger charge is -2.39. The van der Waals surface area contributed by atoms with Crippen molar-refractivity contribution < 1.29 is 28.6 Å². The van der Waals surface area contributed by atoms with E-state index in [0.29, 0.717) is 80.9 Å². The number of nitrogens with zero attached hydrogens (tertiary/aromatic N) is 7. The van der Waals surface area contributed by atoms with Crippen LogP contribution in [0.3, 0.4) is 0 Å². The maximum atomic E-state index is 15.9. The van der Waals surface area contributed by atoms with Crippen molar-refractivity contribution in [3.8, 4) is 17.0 Å². The number of nitrogen functional groups attached to an aromatic ring is 1. The Bertz CT molecular complexity index is 2360. The number of aromatic nitrogens is 3. The fourth-order valence-corrected chi connectivity index (χ4v) is 9.17. The number of hydrogen-bond acceptors (Lipinski definition) is 10. The molecule has 4 amide bonds. The summed E-state index contributed by atoms with van der Waals surface area (Å²) in [5.74, 6) is 0.533. The van der Waals surface area contributed by atoms with Gasteiger partial charge in [-0.3, -0.25) is 19.8 Å². The summed E-state index contributed by atoms with van der Waals surface area (Å²) in [5.41, 5.74) is 11.3. The molecule has 0 spiro atoms. The summed E-state index contributed by atoms with van der Waals surface area (Å²) >= 11 is 0. The van der Waals surface area contributed by atoms with Crippen LogP contribution in [0, 0.1) is 5.92 Å². The number of urea groups is 1. The molecule has 15 heteroatoms. The van der Waals surface area contributed by atoms with E-state index < -0.39 is 12.2 Å². The van der Waals surface area contributed by atoms with Gasteiger partial charge in [-0.2, -0.15) is 0 Å². The SMILES string of the molecule is Nc1nnc(-c2ccccc2O)cc1N1CCO[C@@H](c2ccc(C(=O)N3CCC(CN4CC[C@@H](n5ccc6c(N7CCC(=O)NC7=O)cccc65)[C@@H](F)C4)CC3)cc2)C1. The van der Waals surface area contributed by atoms with E-state index >= 15 is 4.39 Å². The molecule has 5 aromatic rings. The molecule has 4 N–H and O–H groups in total. The van der Waals surface area contributed by atoms with Crippen LogP contribution in [-0.4, -0.2) is 113 Å². The van der Waals surface area contributed by atoms with Crippen molar-refractivity contribution in [2.75, 3.05) is 74.5 Å². The Hall–Kier alpha value is -6.06. The highest BCUT2D eigenvalue weighted by molar-refractivity contribution is 6.09. The number of benzene rings is 3. The molecule has 59 heavy (non-hydrogen) atoms. The average molecular weight is 802 g/mol. The third-order valence-corrected chi connectivity index (χ3v) is 12.4. The number of morpholine rings is 1. The predicted octanol–water partition coefficient (Wildman–Crippen LogP) is 5.55. The lowest BCUT2D eigenvalue weighted by Crippen LogP contribution is -2.49. The summed E-state index contributed by atoms with van der Waals surface area (Å²) in [4.78, 5) is 45.7. The van der Waals surface area contributed by atoms with Gasteiger partial charge in [0.1, 0.15) is 18.0 Å². The lowest BCUT2D eigenvalue weighted by molar-refractivity contribution is -0.120. The highest BCUT2D eigenvalue weighted by atomic mass is 19.1. The van der Waals surface area contributed by atoms with E-state index in [4.69, 9.17) is 10.5 Å². The summed E-state index contributed by atoms with van der Waals surface area (Å²) < 4.78 is 24.1. The lowest BCUT2D eigenvalue weighted by atomic mass is 9.93. The Morgan fingerprint density at radius 3 is 2.49 bits per heavy atom. The number of hydrogen-bond donors (Lipinski definition) is 3. The maximum absolute atomic E-state index is 15.9. The minimum atomic E-state index is -1.06. The number of piperidine rings is 2. The van der Waals surface area contributed by atoms with Crippen LogP contribution in [0.15, 0.2) is 85.1 Å². The molecular formula is C44H48FN9O5. The van der Waals surface area contributed by atoms with Crippen molar-refractivity contribution in [2.24, 2.45) is 5.92 Å². The van der Waals surface area contributed by atoms with E-state index in [-0.39, 0.29) is 36.1 Å². The summed E-state index contributed by atoms with van der Waals surface area (Å²) in [6.45, 7) is 5.19. The third kappa shape index (κ3) is 7.79. The normalized spacial score (nSPS) is 22.2. The Labute approximate surface area is 341 Å². The van der Waals surface area contributed by atoms with E-state index in [2.05, 4.69) is 25.3 Å². The van der Waals surface area contributed by atoms with Crippen molar-refractivity contribution in [2.45, 2.75) is 44.0 Å². The molecule has 4 aliphatic heterocycles. The molecular weight excluding hydrogens is 754 g/mol. The Balaban J connectivity index is 0.767. The smallest absolute Gasteiger partial charge is 0.328 e. The molecule has 3 aromatic carbocycles. The fraction of sp³-hybridized carbons (Fsp3) is 0.386. The van der Waals surface area contributed by atoms with Crippen LogP contribution in [0.4, 0.5) is 26.4 Å². The largest absolute Gasteiger partial charge is 0.507 e. The molecule has 4 saturated heterocycles. The first-order chi connectivity index (χ1) is 28.7. The second-order valence-electron chi connectivity index (χ2n) is 16.0. The monoisotopic (exact) mass is 801 g/mol. The molecule has 14 nitrogen and oxygen atoms in total. The van der Waals surface area contributed by atoms with Gasteiger partial charge in [-0.25, -0.2) is 9.18 Å². The van der Waals surface area contributed by atoms with Crippen LogP contribution in [0.5, 0.6) is 5.75 Å². The van der Waals surface area contributed by atoms with Crippen molar-refractivity contribution in [3.63, 3.8) is 0 Å². The van der Waals surface area contributed by atoms with Crippen LogP contribution in [-0.2, 0) is 9.53 Å². The zero-order valence-electron chi connectivity index (χ0n) is 32.8. The van der Waals surface area contributed by atoms with Gasteiger partial charge in [-0.05, 0) is 79.3 Å². The number of carbonyl (C=O) groups excluding carboxylic acids is 3. The molecule has 0 saturated carbocycles. The number of halogens is 1. The number of nitrogens with two attached hydrogens (primary N) is 1. The van der Waals surface area contributed by atoms with E-state index in [1.807, 2.05) is 76.3 Å². The van der Waals surface area contributed by atoms with Crippen molar-refractivity contribution in [1.29, 1.82) is 0 Å². The van der Waals surface area contributed by atoms with E-state index in [1.54, 1.807) is 23.1 Å². The topological polar surface area (TPSA) is 162 Å². The molecule has 3 atom stereocenters. The first-order valence-corrected chi connectivity index (χ1v) is 20.4. The number of nitrogens with one attached hydrogen (secondary N) is 1. The second kappa shape index (κ2) is 16.3. The van der Waals surface area contributed by atoms with Crippen LogP contribution < -0.4 is 20.9 Å². The summed E-state index contributed by atoms with van der Waals surface area (Å²) in [6.07, 6.45) is 3.26. The highest BCUT2D eigenvalue weighted by Gasteiger charge is 2.34. The number of phenols is 1. The van der Waals surface area contributed by atoms with Crippen LogP contribution in [0.2, 0.25) is 0 Å². The number of ether oxygens (including phenoxy) is 1. The molecule has 2 aromatic heterocycles. The number of imide groups is 1. The maximum Gasteiger partial charge on any atom is 0.328 e. The van der Waals surface area contributed by atoms with Crippen molar-refractivity contribution >= 4 is 45.9 Å². The molecule has 306 valence electrons. The molecule has 4 fully saturated rings. The first-order valence-electron chi connectivity index (χ1n) is 20.4. The zero-order chi connectivity index (χ0) is 40.6. The molecule has 4 aliphatic rings. The summed E-state index contributed by atoms with van der Waals surface area (Å²) in [7, 11) is 0. The number of likely N-dealkylation sites (tertiary alicyclic amines) is 2. The highest BCUT2D eigenvalue weighted by Crippen LogP contribution is 2.36. The van der Waals surface area contributed by atoms with E-state index in [0.717, 1.165) is 53.8 Å². The van der Waals surface area contributed by atoms with E-state index in [9.17, 15) is 19.5 Å². The molecule has 0 unspecified atom stereocenters. The van der Waals surface area contributed by atoms with Gasteiger partial charge in [0.15, 0.2) is 5.82 Å². The minimum absolute atomic E-state index is 0.00895. The number of carbonyl (C=O) groups is 3. The second-order valence-corrected chi connectivity index (χ2v) is 16.0. The van der Waals surface area contributed by atoms with Crippen LogP contribution in [0.1, 0.15) is 53.8 Å². The van der Waals surface area contributed by atoms with Gasteiger partial charge in [-0.15, -0.1) is 10.2 Å². The van der Waals surface area contributed by atoms with E-state index in [1.165, 1.54) is 0 Å². The van der Waals surface area contributed by atoms with Crippen molar-refractivity contribution in [1.82, 2.24) is 29.9 Å². The van der Waals surface area contributed by atoms with Crippen molar-refractivity contribution in [3.05, 3.63) is 96.2 Å². The van der Waals surface area contributed by atoms with Gasteiger partial charge in [0, 0.05) is 81.5 Å². The van der Waals surface area contributed by atoms with Gasteiger partial charge >= 0.3 is 6.03 Å².